The first-order valence-electron chi connectivity index (χ1n) is 6.89. The van der Waals surface area contributed by atoms with Crippen molar-refractivity contribution in [3.05, 3.63) is 23.2 Å². The van der Waals surface area contributed by atoms with Crippen molar-refractivity contribution in [3.8, 4) is 0 Å². The normalized spacial score (nSPS) is 11.7. The van der Waals surface area contributed by atoms with Crippen LogP contribution in [-0.2, 0) is 10.0 Å². The highest BCUT2D eigenvalue weighted by Crippen LogP contribution is 2.27. The number of hydrogen-bond donors (Lipinski definition) is 2. The lowest BCUT2D eigenvalue weighted by atomic mass is 10.1. The quantitative estimate of drug-likeness (QED) is 0.759. The van der Waals surface area contributed by atoms with Gasteiger partial charge in [-0.3, -0.25) is 4.72 Å². The second-order valence-electron chi connectivity index (χ2n) is 4.99. The molecule has 4 nitrogen and oxygen atoms in total. The largest absolute Gasteiger partial charge is 0.381 e. The molecule has 0 aliphatic carbocycles. The van der Waals surface area contributed by atoms with Gasteiger partial charge in [-0.25, -0.2) is 8.42 Å². The molecule has 0 heterocycles. The summed E-state index contributed by atoms with van der Waals surface area (Å²) in [5.74, 6) is 0. The Morgan fingerprint density at radius 3 is 2.30 bits per heavy atom. The lowest BCUT2D eigenvalue weighted by molar-refractivity contribution is 0.586. The summed E-state index contributed by atoms with van der Waals surface area (Å²) in [5, 5.41) is 4.01. The third-order valence-electron chi connectivity index (χ3n) is 2.90. The van der Waals surface area contributed by atoms with Gasteiger partial charge in [-0.05, 0) is 31.0 Å². The topological polar surface area (TPSA) is 58.2 Å². The first-order chi connectivity index (χ1) is 9.35. The third kappa shape index (κ3) is 6.01. The van der Waals surface area contributed by atoms with Crippen LogP contribution in [0.5, 0.6) is 0 Å². The number of anilines is 2. The number of nitrogens with one attached hydrogen (secondary N) is 2. The molecule has 20 heavy (non-hydrogen) atoms. The Bertz CT molecular complexity index is 526. The Kier molecular flexibility index (Phi) is 6.62. The molecule has 0 radical (unpaired) electrons. The van der Waals surface area contributed by atoms with Crippen molar-refractivity contribution >= 4 is 33.0 Å². The molecule has 0 fully saturated rings. The van der Waals surface area contributed by atoms with Crippen molar-refractivity contribution in [3.63, 3.8) is 0 Å². The van der Waals surface area contributed by atoms with E-state index in [1.165, 1.54) is 0 Å². The van der Waals surface area contributed by atoms with Crippen LogP contribution in [0.2, 0.25) is 5.02 Å². The monoisotopic (exact) mass is 318 g/mol. The molecular weight excluding hydrogens is 296 g/mol. The molecule has 6 heteroatoms. The predicted molar refractivity (Wildman–Crippen MR) is 87.1 cm³/mol. The maximum Gasteiger partial charge on any atom is 0.229 e. The van der Waals surface area contributed by atoms with Crippen LogP contribution >= 0.6 is 11.6 Å². The average molecular weight is 319 g/mol. The molecule has 1 aromatic carbocycles. The summed E-state index contributed by atoms with van der Waals surface area (Å²) in [4.78, 5) is 0. The zero-order valence-corrected chi connectivity index (χ0v) is 13.8. The van der Waals surface area contributed by atoms with E-state index >= 15 is 0 Å². The van der Waals surface area contributed by atoms with E-state index in [4.69, 9.17) is 11.6 Å². The lowest BCUT2D eigenvalue weighted by Crippen LogP contribution is -2.19. The Morgan fingerprint density at radius 2 is 1.80 bits per heavy atom. The standard InChI is InChI=1S/C14H23ClN2O2S/c1-4-6-11(7-5-2)16-14-10-12(8-9-13(14)15)17-20(3,18)19/h8-11,16-17H,4-7H2,1-3H3. The minimum absolute atomic E-state index is 0.357. The molecule has 0 atom stereocenters. The van der Waals surface area contributed by atoms with E-state index in [9.17, 15) is 8.42 Å². The Hall–Kier alpha value is -0.940. The number of hydrogen-bond acceptors (Lipinski definition) is 3. The molecule has 0 saturated heterocycles. The highest BCUT2D eigenvalue weighted by Gasteiger charge is 2.10. The summed E-state index contributed by atoms with van der Waals surface area (Å²) in [5.41, 5.74) is 1.29. The van der Waals surface area contributed by atoms with Crippen molar-refractivity contribution in [1.82, 2.24) is 0 Å². The molecule has 1 rings (SSSR count). The maximum atomic E-state index is 11.3. The molecule has 2 N–H and O–H groups in total. The molecule has 0 aliphatic rings. The first kappa shape index (κ1) is 17.1. The van der Waals surface area contributed by atoms with Gasteiger partial charge < -0.3 is 5.32 Å². The van der Waals surface area contributed by atoms with Crippen molar-refractivity contribution < 1.29 is 8.42 Å². The van der Waals surface area contributed by atoms with E-state index in [-0.39, 0.29) is 0 Å². The molecule has 0 bridgehead atoms. The van der Waals surface area contributed by atoms with E-state index in [0.29, 0.717) is 16.8 Å². The van der Waals surface area contributed by atoms with E-state index in [1.807, 2.05) is 0 Å². The zero-order valence-electron chi connectivity index (χ0n) is 12.2. The van der Waals surface area contributed by atoms with Crippen LogP contribution in [0.25, 0.3) is 0 Å². The number of sulfonamides is 1. The highest BCUT2D eigenvalue weighted by atomic mass is 35.5. The SMILES string of the molecule is CCCC(CCC)Nc1cc(NS(C)(=O)=O)ccc1Cl. The number of benzene rings is 1. The van der Waals surface area contributed by atoms with Gasteiger partial charge in [-0.1, -0.05) is 38.3 Å². The maximum absolute atomic E-state index is 11.3. The summed E-state index contributed by atoms with van der Waals surface area (Å²) in [6.07, 6.45) is 5.45. The highest BCUT2D eigenvalue weighted by molar-refractivity contribution is 7.92. The second kappa shape index (κ2) is 7.74. The fraction of sp³-hybridized carbons (Fsp3) is 0.571. The van der Waals surface area contributed by atoms with Crippen molar-refractivity contribution in [1.29, 1.82) is 0 Å². The smallest absolute Gasteiger partial charge is 0.229 e. The van der Waals surface area contributed by atoms with Crippen molar-refractivity contribution in [2.24, 2.45) is 0 Å². The third-order valence-corrected chi connectivity index (χ3v) is 3.84. The molecule has 0 amide bonds. The number of rotatable bonds is 8. The van der Waals surface area contributed by atoms with Gasteiger partial charge in [0.15, 0.2) is 0 Å². The second-order valence-corrected chi connectivity index (χ2v) is 7.14. The fourth-order valence-electron chi connectivity index (χ4n) is 2.12. The van der Waals surface area contributed by atoms with Gasteiger partial charge in [0.25, 0.3) is 0 Å². The minimum Gasteiger partial charge on any atom is -0.381 e. The van der Waals surface area contributed by atoms with Gasteiger partial charge in [0.1, 0.15) is 0 Å². The van der Waals surface area contributed by atoms with Gasteiger partial charge in [0, 0.05) is 6.04 Å². The number of halogens is 1. The van der Waals surface area contributed by atoms with Gasteiger partial charge in [0.05, 0.1) is 22.7 Å². The average Bonchev–Trinajstić information content (AvgIpc) is 2.32. The van der Waals surface area contributed by atoms with Crippen LogP contribution in [0.4, 0.5) is 11.4 Å². The van der Waals surface area contributed by atoms with E-state index in [0.717, 1.165) is 37.6 Å². The first-order valence-corrected chi connectivity index (χ1v) is 9.16. The molecule has 114 valence electrons. The Labute approximate surface area is 127 Å². The van der Waals surface area contributed by atoms with Gasteiger partial charge in [0.2, 0.25) is 10.0 Å². The summed E-state index contributed by atoms with van der Waals surface area (Å²) < 4.78 is 25.0. The molecule has 1 aromatic rings. The predicted octanol–water partition coefficient (Wildman–Crippen LogP) is 4.09. The summed E-state index contributed by atoms with van der Waals surface area (Å²) in [6.45, 7) is 4.29. The van der Waals surface area contributed by atoms with E-state index in [2.05, 4.69) is 23.9 Å². The van der Waals surface area contributed by atoms with E-state index < -0.39 is 10.0 Å². The Morgan fingerprint density at radius 1 is 1.20 bits per heavy atom. The van der Waals surface area contributed by atoms with Crippen LogP contribution in [0.1, 0.15) is 39.5 Å². The van der Waals surface area contributed by atoms with E-state index in [1.54, 1.807) is 18.2 Å². The van der Waals surface area contributed by atoms with Crippen molar-refractivity contribution in [2.45, 2.75) is 45.6 Å². The van der Waals surface area contributed by atoms with Gasteiger partial charge in [-0.15, -0.1) is 0 Å². The minimum atomic E-state index is -3.28. The van der Waals surface area contributed by atoms with Crippen LogP contribution in [-0.4, -0.2) is 20.7 Å². The molecular formula is C14H23ClN2O2S. The van der Waals surface area contributed by atoms with Crippen LogP contribution < -0.4 is 10.0 Å². The molecule has 0 spiro atoms. The summed E-state index contributed by atoms with van der Waals surface area (Å²) in [6, 6.07) is 5.45. The molecule has 0 saturated carbocycles. The zero-order chi connectivity index (χ0) is 15.2. The van der Waals surface area contributed by atoms with Crippen LogP contribution in [0.3, 0.4) is 0 Å². The lowest BCUT2D eigenvalue weighted by Gasteiger charge is -2.20. The Balaban J connectivity index is 2.89. The van der Waals surface area contributed by atoms with Gasteiger partial charge in [-0.2, -0.15) is 0 Å². The van der Waals surface area contributed by atoms with Gasteiger partial charge >= 0.3 is 0 Å². The molecule has 0 aromatic heterocycles. The molecule has 0 aliphatic heterocycles. The molecule has 0 unspecified atom stereocenters. The van der Waals surface area contributed by atoms with Crippen LogP contribution in [0.15, 0.2) is 18.2 Å². The van der Waals surface area contributed by atoms with Crippen LogP contribution in [0, 0.1) is 0 Å². The summed E-state index contributed by atoms with van der Waals surface area (Å²) in [7, 11) is -3.28. The van der Waals surface area contributed by atoms with Crippen molar-refractivity contribution in [2.75, 3.05) is 16.3 Å². The summed E-state index contributed by atoms with van der Waals surface area (Å²) >= 11 is 6.17. The fourth-order valence-corrected chi connectivity index (χ4v) is 2.85.